The van der Waals surface area contributed by atoms with Crippen molar-refractivity contribution in [1.29, 1.82) is 0 Å². The summed E-state index contributed by atoms with van der Waals surface area (Å²) in [5.74, 6) is 0.919. The van der Waals surface area contributed by atoms with Crippen molar-refractivity contribution in [2.45, 2.75) is 52.2 Å². The highest BCUT2D eigenvalue weighted by Crippen LogP contribution is 2.55. The Morgan fingerprint density at radius 3 is 2.00 bits per heavy atom. The Morgan fingerprint density at radius 1 is 0.734 bits per heavy atom. The molecule has 3 heterocycles. The fourth-order valence-corrected chi connectivity index (χ4v) is 9.91. The molecule has 1 aliphatic carbocycles. The number of thioether (sulfide) groups is 1. The predicted molar refractivity (Wildman–Crippen MR) is 277 cm³/mol. The van der Waals surface area contributed by atoms with Crippen molar-refractivity contribution < 1.29 is 9.15 Å². The Bertz CT molecular complexity index is 3040. The number of rotatable bonds is 12. The van der Waals surface area contributed by atoms with Gasteiger partial charge in [-0.15, -0.1) is 24.6 Å². The highest BCUT2D eigenvalue weighted by Gasteiger charge is 2.39. The molecule has 0 bridgehead atoms. The monoisotopic (exact) mass is 853 g/mol. The first-order valence-electron chi connectivity index (χ1n) is 22.0. The van der Waals surface area contributed by atoms with Gasteiger partial charge in [0.05, 0.1) is 12.3 Å². The lowest BCUT2D eigenvalue weighted by Crippen LogP contribution is -2.21. The average Bonchev–Trinajstić information content (AvgIpc) is 3.84. The molecule has 2 aliphatic rings. The van der Waals surface area contributed by atoms with Crippen molar-refractivity contribution >= 4 is 39.4 Å². The first kappa shape index (κ1) is 45.0. The second-order valence-corrected chi connectivity index (χ2v) is 17.3. The summed E-state index contributed by atoms with van der Waals surface area (Å²) in [5.41, 5.74) is 17.6. The van der Waals surface area contributed by atoms with Crippen molar-refractivity contribution in [3.8, 4) is 63.2 Å². The smallest absolute Gasteiger partial charge is 0.153 e. The molecule has 0 amide bonds. The highest BCUT2D eigenvalue weighted by molar-refractivity contribution is 8.04. The normalized spacial score (nSPS) is 15.5. The molecule has 0 saturated carbocycles. The van der Waals surface area contributed by atoms with Crippen LogP contribution in [0.1, 0.15) is 52.2 Å². The quantitative estimate of drug-likeness (QED) is 0.0906. The maximum absolute atomic E-state index is 6.34. The zero-order chi connectivity index (χ0) is 45.2. The Balaban J connectivity index is 0.00000149. The van der Waals surface area contributed by atoms with Crippen LogP contribution in [0.4, 0.5) is 0 Å². The molecule has 64 heavy (non-hydrogen) atoms. The van der Waals surface area contributed by atoms with Gasteiger partial charge >= 0.3 is 0 Å². The molecule has 4 heteroatoms. The lowest BCUT2D eigenvalue weighted by molar-refractivity contribution is 0.337. The summed E-state index contributed by atoms with van der Waals surface area (Å²) in [4.78, 5) is 6.61. The first-order chi connectivity index (χ1) is 31.3. The molecular weight excluding hydrogens is 799 g/mol. The van der Waals surface area contributed by atoms with Crippen LogP contribution < -0.4 is 4.74 Å². The van der Waals surface area contributed by atoms with Crippen molar-refractivity contribution in [2.24, 2.45) is 0 Å². The minimum absolute atomic E-state index is 0.0535. The van der Waals surface area contributed by atoms with E-state index in [1.165, 1.54) is 27.2 Å². The molecule has 3 nitrogen and oxygen atoms in total. The zero-order valence-corrected chi connectivity index (χ0v) is 38.3. The molecule has 0 fully saturated rings. The lowest BCUT2D eigenvalue weighted by atomic mass is 9.82. The van der Waals surface area contributed by atoms with Gasteiger partial charge in [0.1, 0.15) is 16.8 Å². The molecule has 1 atom stereocenters. The number of furan rings is 1. The lowest BCUT2D eigenvalue weighted by Gasteiger charge is -2.29. The van der Waals surface area contributed by atoms with Gasteiger partial charge in [-0.3, -0.25) is 0 Å². The third kappa shape index (κ3) is 9.32. The maximum atomic E-state index is 6.34. The minimum atomic E-state index is 0.0535. The van der Waals surface area contributed by atoms with Gasteiger partial charge in [-0.2, -0.15) is 0 Å². The standard InChI is InChI=1S/C56H47NO2S.C2H6.C2H2/c1-6-9-11-15-47-34-43(23-26-52(47)58-8-3)40-18-12-16-38(31-40)39-17-13-19-41(32-39)44-24-27-53-49(35-44)55-54(59-53)28-25-51(57-55)46-21-14-20-42(33-46)45-29-30-56(5)50(36-45)48(22-10-7-2)37(4)60-56;2*1-2/h6-7,9-14,16-29,31-36H,1-2,8,15,30H2,3-5H3;1-2H3;1-2H/b11-9-,22-10-;;. The number of hydrogen-bond acceptors (Lipinski definition) is 4. The van der Waals surface area contributed by atoms with Gasteiger partial charge in [0.25, 0.3) is 0 Å². The summed E-state index contributed by atoms with van der Waals surface area (Å²) in [6.45, 7) is 18.9. The van der Waals surface area contributed by atoms with Crippen LogP contribution >= 0.6 is 11.8 Å². The molecule has 5 aromatic carbocycles. The molecule has 0 spiro atoms. The predicted octanol–water partition coefficient (Wildman–Crippen LogP) is 16.8. The van der Waals surface area contributed by atoms with Gasteiger partial charge in [0.2, 0.25) is 0 Å². The van der Waals surface area contributed by atoms with E-state index in [0.717, 1.165) is 90.9 Å². The maximum Gasteiger partial charge on any atom is 0.153 e. The van der Waals surface area contributed by atoms with Crippen LogP contribution in [0.5, 0.6) is 5.75 Å². The Morgan fingerprint density at radius 2 is 1.33 bits per heavy atom. The number of hydrogen-bond donors (Lipinski definition) is 0. The summed E-state index contributed by atoms with van der Waals surface area (Å²) in [6, 6.07) is 43.3. The van der Waals surface area contributed by atoms with E-state index in [9.17, 15) is 0 Å². The van der Waals surface area contributed by atoms with Crippen molar-refractivity contribution in [3.63, 3.8) is 0 Å². The van der Waals surface area contributed by atoms with Gasteiger partial charge in [0, 0.05) is 15.7 Å². The second-order valence-electron chi connectivity index (χ2n) is 15.5. The van der Waals surface area contributed by atoms with E-state index in [1.54, 1.807) is 6.08 Å². The molecular formula is C60H55NO2S. The molecule has 9 rings (SSSR count). The van der Waals surface area contributed by atoms with Crippen molar-refractivity contribution in [2.75, 3.05) is 6.61 Å². The van der Waals surface area contributed by atoms with Crippen LogP contribution in [-0.2, 0) is 6.42 Å². The van der Waals surface area contributed by atoms with Gasteiger partial charge in [-0.25, -0.2) is 4.98 Å². The van der Waals surface area contributed by atoms with Gasteiger partial charge in [-0.05, 0) is 160 Å². The molecule has 0 saturated heterocycles. The zero-order valence-electron chi connectivity index (χ0n) is 37.5. The van der Waals surface area contributed by atoms with E-state index in [4.69, 9.17) is 14.1 Å². The van der Waals surface area contributed by atoms with Crippen LogP contribution in [-0.4, -0.2) is 16.3 Å². The summed E-state index contributed by atoms with van der Waals surface area (Å²) in [5, 5.41) is 1.00. The molecule has 0 radical (unpaired) electrons. The summed E-state index contributed by atoms with van der Waals surface area (Å²) in [6.07, 6.45) is 26.5. The van der Waals surface area contributed by atoms with Crippen molar-refractivity contribution in [1.82, 2.24) is 4.98 Å². The molecule has 2 aromatic heterocycles. The first-order valence-corrected chi connectivity index (χ1v) is 22.8. The van der Waals surface area contributed by atoms with E-state index in [1.807, 2.05) is 50.8 Å². The van der Waals surface area contributed by atoms with Crippen molar-refractivity contribution in [3.05, 3.63) is 210 Å². The molecule has 0 N–H and O–H groups in total. The fraction of sp³-hybridized carbons (Fsp3) is 0.150. The summed E-state index contributed by atoms with van der Waals surface area (Å²) >= 11 is 1.97. The van der Waals surface area contributed by atoms with Gasteiger partial charge in [-0.1, -0.05) is 136 Å². The van der Waals surface area contributed by atoms with E-state index < -0.39 is 0 Å². The highest BCUT2D eigenvalue weighted by atomic mass is 32.2. The second kappa shape index (κ2) is 20.4. The summed E-state index contributed by atoms with van der Waals surface area (Å²) in [7, 11) is 0. The number of terminal acetylenes is 1. The number of nitrogens with zero attached hydrogens (tertiary/aromatic N) is 1. The minimum Gasteiger partial charge on any atom is -0.494 e. The van der Waals surface area contributed by atoms with Gasteiger partial charge < -0.3 is 9.15 Å². The van der Waals surface area contributed by atoms with Crippen LogP contribution in [0.3, 0.4) is 0 Å². The van der Waals surface area contributed by atoms with Crippen LogP contribution in [0, 0.1) is 12.8 Å². The van der Waals surface area contributed by atoms with E-state index >= 15 is 0 Å². The Labute approximate surface area is 384 Å². The van der Waals surface area contributed by atoms with E-state index in [2.05, 4.69) is 185 Å². The largest absolute Gasteiger partial charge is 0.494 e. The van der Waals surface area contributed by atoms with Crippen LogP contribution in [0.25, 0.3) is 72.3 Å². The summed E-state index contributed by atoms with van der Waals surface area (Å²) < 4.78 is 12.3. The average molecular weight is 854 g/mol. The molecule has 1 aliphatic heterocycles. The molecule has 318 valence electrons. The van der Waals surface area contributed by atoms with E-state index in [0.29, 0.717) is 6.61 Å². The van der Waals surface area contributed by atoms with Gasteiger partial charge in [0.15, 0.2) is 5.58 Å². The number of ether oxygens (including phenoxy) is 1. The van der Waals surface area contributed by atoms with Crippen LogP contribution in [0.15, 0.2) is 204 Å². The third-order valence-electron chi connectivity index (χ3n) is 11.5. The SMILES string of the molecule is C#C.C=C/C=C\Cc1cc(-c2cccc(-c3cccc(-c4ccc5oc6ccc(-c7cccc(C8=CCC9(C)SC(C)=C(/C=C\C=C)C9=C8)c7)nc6c5c4)c3)c2)ccc1OCC.CC. The number of allylic oxidation sites excluding steroid dienone is 11. The Hall–Kier alpha value is -7.06. The van der Waals surface area contributed by atoms with E-state index in [-0.39, 0.29) is 4.75 Å². The number of benzene rings is 5. The number of pyridine rings is 1. The Kier molecular flexibility index (Phi) is 14.3. The van der Waals surface area contributed by atoms with Crippen LogP contribution in [0.2, 0.25) is 0 Å². The third-order valence-corrected chi connectivity index (χ3v) is 12.9. The number of fused-ring (bicyclic) bond motifs is 4. The topological polar surface area (TPSA) is 35.3 Å². The fourth-order valence-electron chi connectivity index (χ4n) is 8.50. The molecule has 1 unspecified atom stereocenters. The number of aromatic nitrogens is 1. The molecule has 7 aromatic rings.